The van der Waals surface area contributed by atoms with Gasteiger partial charge in [0.15, 0.2) is 0 Å². The Morgan fingerprint density at radius 2 is 2.11 bits per heavy atom. The quantitative estimate of drug-likeness (QED) is 0.365. The van der Waals surface area contributed by atoms with E-state index in [1.54, 1.807) is 11.1 Å². The van der Waals surface area contributed by atoms with E-state index in [0.29, 0.717) is 0 Å². The fourth-order valence-corrected chi connectivity index (χ4v) is 2.10. The number of aromatic nitrogens is 1. The van der Waals surface area contributed by atoms with Crippen LogP contribution in [-0.4, -0.2) is 53.9 Å². The Hall–Kier alpha value is -2.11. The van der Waals surface area contributed by atoms with Crippen molar-refractivity contribution in [2.75, 3.05) is 31.1 Å². The minimum absolute atomic E-state index is 0.727. The number of carbonyl (C=O) groups is 1. The monoisotopic (exact) mass is 248 g/mol. The molecule has 1 aliphatic rings. The van der Waals surface area contributed by atoms with Gasteiger partial charge in [0.25, 0.3) is 0 Å². The van der Waals surface area contributed by atoms with Crippen LogP contribution in [0.4, 0.5) is 5.82 Å². The van der Waals surface area contributed by atoms with Gasteiger partial charge in [-0.15, -0.1) is 0 Å². The second kappa shape index (κ2) is 5.48. The van der Waals surface area contributed by atoms with E-state index < -0.39 is 0 Å². The largest absolute Gasteiger partial charge is 0.411 e. The molecule has 96 valence electrons. The van der Waals surface area contributed by atoms with Gasteiger partial charge in [0, 0.05) is 37.9 Å². The van der Waals surface area contributed by atoms with E-state index in [1.165, 1.54) is 6.21 Å². The number of hydrogen-bond acceptors (Lipinski definition) is 5. The summed E-state index contributed by atoms with van der Waals surface area (Å²) in [5.74, 6) is 0.927. The molecule has 1 saturated heterocycles. The summed E-state index contributed by atoms with van der Waals surface area (Å²) in [6.45, 7) is 5.01. The standard InChI is InChI=1S/C12H16N4O2/c1-10-6-11(8-14-18)7-13-12(10)16-4-2-15(9-17)3-5-16/h6-9,18H,2-5H2,1H3/b14-8+. The molecule has 1 fully saturated rings. The normalized spacial score (nSPS) is 16.3. The molecule has 6 nitrogen and oxygen atoms in total. The number of anilines is 1. The Balaban J connectivity index is 2.12. The number of piperazine rings is 1. The molecule has 18 heavy (non-hydrogen) atoms. The maximum absolute atomic E-state index is 10.6. The molecular weight excluding hydrogens is 232 g/mol. The lowest BCUT2D eigenvalue weighted by atomic mass is 10.2. The number of aryl methyl sites for hydroxylation is 1. The van der Waals surface area contributed by atoms with Crippen molar-refractivity contribution in [1.82, 2.24) is 9.88 Å². The average molecular weight is 248 g/mol. The van der Waals surface area contributed by atoms with Crippen molar-refractivity contribution in [2.45, 2.75) is 6.92 Å². The molecule has 0 radical (unpaired) electrons. The lowest BCUT2D eigenvalue weighted by Gasteiger charge is -2.34. The number of oxime groups is 1. The van der Waals surface area contributed by atoms with Crippen molar-refractivity contribution in [1.29, 1.82) is 0 Å². The second-order valence-electron chi connectivity index (χ2n) is 4.28. The summed E-state index contributed by atoms with van der Waals surface area (Å²) in [6, 6.07) is 1.92. The molecule has 0 atom stereocenters. The third kappa shape index (κ3) is 2.58. The first-order valence-corrected chi connectivity index (χ1v) is 5.83. The summed E-state index contributed by atoms with van der Waals surface area (Å²) in [7, 11) is 0. The zero-order valence-corrected chi connectivity index (χ0v) is 10.3. The minimum atomic E-state index is 0.727. The van der Waals surface area contributed by atoms with Crippen molar-refractivity contribution in [3.63, 3.8) is 0 Å². The Morgan fingerprint density at radius 1 is 1.39 bits per heavy atom. The highest BCUT2D eigenvalue weighted by Crippen LogP contribution is 2.18. The van der Waals surface area contributed by atoms with Gasteiger partial charge in [-0.05, 0) is 18.6 Å². The van der Waals surface area contributed by atoms with Crippen molar-refractivity contribution in [3.05, 3.63) is 23.4 Å². The number of hydrogen-bond donors (Lipinski definition) is 1. The molecule has 0 aliphatic carbocycles. The Kier molecular flexibility index (Phi) is 3.76. The zero-order valence-electron chi connectivity index (χ0n) is 10.3. The van der Waals surface area contributed by atoms with Crippen LogP contribution in [0.3, 0.4) is 0 Å². The Labute approximate surface area is 106 Å². The molecule has 1 amide bonds. The van der Waals surface area contributed by atoms with Crippen molar-refractivity contribution >= 4 is 18.4 Å². The summed E-state index contributed by atoms with van der Waals surface area (Å²) in [5, 5.41) is 11.5. The minimum Gasteiger partial charge on any atom is -0.411 e. The SMILES string of the molecule is Cc1cc(/C=N/O)cnc1N1CCN(C=O)CC1. The molecule has 6 heteroatoms. The predicted molar refractivity (Wildman–Crippen MR) is 68.2 cm³/mol. The summed E-state index contributed by atoms with van der Waals surface area (Å²) >= 11 is 0. The van der Waals surface area contributed by atoms with Crippen LogP contribution in [0.5, 0.6) is 0 Å². The summed E-state index contributed by atoms with van der Waals surface area (Å²) in [6.07, 6.45) is 3.92. The fraction of sp³-hybridized carbons (Fsp3) is 0.417. The van der Waals surface area contributed by atoms with Crippen LogP contribution in [0.15, 0.2) is 17.4 Å². The third-order valence-corrected chi connectivity index (χ3v) is 3.04. The van der Waals surface area contributed by atoms with Gasteiger partial charge in [0.05, 0.1) is 6.21 Å². The smallest absolute Gasteiger partial charge is 0.209 e. The lowest BCUT2D eigenvalue weighted by Crippen LogP contribution is -2.46. The molecule has 0 aromatic carbocycles. The average Bonchev–Trinajstić information content (AvgIpc) is 2.40. The van der Waals surface area contributed by atoms with Gasteiger partial charge >= 0.3 is 0 Å². The fourth-order valence-electron chi connectivity index (χ4n) is 2.10. The number of rotatable bonds is 3. The van der Waals surface area contributed by atoms with Gasteiger partial charge in [-0.3, -0.25) is 4.79 Å². The van der Waals surface area contributed by atoms with E-state index >= 15 is 0 Å². The Bertz CT molecular complexity index is 453. The molecule has 2 heterocycles. The topological polar surface area (TPSA) is 69.0 Å². The molecule has 2 rings (SSSR count). The maximum atomic E-state index is 10.6. The molecule has 1 aromatic heterocycles. The van der Waals surface area contributed by atoms with Gasteiger partial charge in [-0.1, -0.05) is 5.16 Å². The zero-order chi connectivity index (χ0) is 13.0. The lowest BCUT2D eigenvalue weighted by molar-refractivity contribution is -0.118. The van der Waals surface area contributed by atoms with E-state index in [-0.39, 0.29) is 0 Å². The van der Waals surface area contributed by atoms with Gasteiger partial charge in [0.2, 0.25) is 6.41 Å². The first-order valence-electron chi connectivity index (χ1n) is 5.83. The van der Waals surface area contributed by atoms with Crippen LogP contribution < -0.4 is 4.90 Å². The Morgan fingerprint density at radius 3 is 2.67 bits per heavy atom. The van der Waals surface area contributed by atoms with E-state index in [9.17, 15) is 4.79 Å². The first-order chi connectivity index (χ1) is 8.74. The highest BCUT2D eigenvalue weighted by molar-refractivity contribution is 5.79. The third-order valence-electron chi connectivity index (χ3n) is 3.04. The van der Waals surface area contributed by atoms with Crippen molar-refractivity contribution in [3.8, 4) is 0 Å². The van der Waals surface area contributed by atoms with Crippen molar-refractivity contribution in [2.24, 2.45) is 5.16 Å². The van der Waals surface area contributed by atoms with Gasteiger partial charge in [0.1, 0.15) is 5.82 Å². The molecule has 0 spiro atoms. The highest BCUT2D eigenvalue weighted by atomic mass is 16.4. The van der Waals surface area contributed by atoms with Crippen LogP contribution in [0.2, 0.25) is 0 Å². The summed E-state index contributed by atoms with van der Waals surface area (Å²) < 4.78 is 0. The van der Waals surface area contributed by atoms with Gasteiger partial charge < -0.3 is 15.0 Å². The van der Waals surface area contributed by atoms with Crippen LogP contribution in [0.1, 0.15) is 11.1 Å². The molecule has 1 N–H and O–H groups in total. The molecule has 0 bridgehead atoms. The molecular formula is C12H16N4O2. The van der Waals surface area contributed by atoms with Crippen molar-refractivity contribution < 1.29 is 10.0 Å². The number of pyridine rings is 1. The van der Waals surface area contributed by atoms with E-state index in [1.807, 2.05) is 13.0 Å². The van der Waals surface area contributed by atoms with Gasteiger partial charge in [-0.25, -0.2) is 4.98 Å². The molecule has 0 unspecified atom stereocenters. The molecule has 1 aliphatic heterocycles. The summed E-state index contributed by atoms with van der Waals surface area (Å²) in [5.41, 5.74) is 1.80. The highest BCUT2D eigenvalue weighted by Gasteiger charge is 2.18. The van der Waals surface area contributed by atoms with E-state index in [4.69, 9.17) is 5.21 Å². The van der Waals surface area contributed by atoms with Crippen LogP contribution in [0, 0.1) is 6.92 Å². The van der Waals surface area contributed by atoms with Crippen LogP contribution in [-0.2, 0) is 4.79 Å². The molecule has 1 aromatic rings. The van der Waals surface area contributed by atoms with E-state index in [2.05, 4.69) is 15.0 Å². The molecule has 0 saturated carbocycles. The van der Waals surface area contributed by atoms with E-state index in [0.717, 1.165) is 49.5 Å². The van der Waals surface area contributed by atoms with Gasteiger partial charge in [-0.2, -0.15) is 0 Å². The number of carbonyl (C=O) groups excluding carboxylic acids is 1. The number of nitrogens with zero attached hydrogens (tertiary/aromatic N) is 4. The van der Waals surface area contributed by atoms with Crippen LogP contribution in [0.25, 0.3) is 0 Å². The second-order valence-corrected chi connectivity index (χ2v) is 4.28. The summed E-state index contributed by atoms with van der Waals surface area (Å²) in [4.78, 5) is 19.0. The first kappa shape index (κ1) is 12.3. The predicted octanol–water partition coefficient (Wildman–Crippen LogP) is 0.477. The maximum Gasteiger partial charge on any atom is 0.209 e. The number of amides is 1. The van der Waals surface area contributed by atoms with Crippen LogP contribution >= 0.6 is 0 Å².